The first-order chi connectivity index (χ1) is 5.70. The fourth-order valence-electron chi connectivity index (χ4n) is 1.07. The monoisotopic (exact) mass is 227 g/mol. The Morgan fingerprint density at radius 2 is 2.33 bits per heavy atom. The molecule has 2 heterocycles. The summed E-state index contributed by atoms with van der Waals surface area (Å²) in [5.41, 5.74) is 2.01. The molecule has 0 aliphatic rings. The van der Waals surface area contributed by atoms with Crippen LogP contribution in [0.3, 0.4) is 0 Å². The predicted molar refractivity (Wildman–Crippen MR) is 48.0 cm³/mol. The third-order valence-corrected chi connectivity index (χ3v) is 2.63. The molecule has 0 aromatic carbocycles. The molecule has 0 saturated carbocycles. The first-order valence-electron chi connectivity index (χ1n) is 3.38. The van der Waals surface area contributed by atoms with Gasteiger partial charge in [-0.3, -0.25) is 0 Å². The van der Waals surface area contributed by atoms with Crippen molar-refractivity contribution in [3.8, 4) is 5.88 Å². The molecule has 0 saturated heterocycles. The number of hydrogen-bond acceptors (Lipinski definition) is 3. The van der Waals surface area contributed by atoms with Crippen LogP contribution < -0.4 is 0 Å². The zero-order chi connectivity index (χ0) is 8.72. The van der Waals surface area contributed by atoms with Crippen LogP contribution in [-0.4, -0.2) is 20.1 Å². The highest BCUT2D eigenvalue weighted by Crippen LogP contribution is 2.28. The standard InChI is InChI=1S/C7H6BrN3O/c1-3-4(8)5-6(7(12)11-3)10-2-9-5/h2H,1H3,(H,9,10)(H,11,12). The summed E-state index contributed by atoms with van der Waals surface area (Å²) in [5, 5.41) is 9.35. The number of hydrogen-bond donors (Lipinski definition) is 2. The minimum absolute atomic E-state index is 0.0352. The maximum atomic E-state index is 9.35. The van der Waals surface area contributed by atoms with Crippen LogP contribution >= 0.6 is 15.9 Å². The van der Waals surface area contributed by atoms with Gasteiger partial charge in [-0.05, 0) is 22.9 Å². The number of rotatable bonds is 0. The zero-order valence-electron chi connectivity index (χ0n) is 6.30. The van der Waals surface area contributed by atoms with Crippen molar-refractivity contribution in [2.75, 3.05) is 0 Å². The number of nitrogens with one attached hydrogen (secondary N) is 1. The molecule has 4 nitrogen and oxygen atoms in total. The first-order valence-corrected chi connectivity index (χ1v) is 4.17. The minimum atomic E-state index is -0.0352. The molecule has 0 aliphatic heterocycles. The first kappa shape index (κ1) is 7.54. The van der Waals surface area contributed by atoms with Gasteiger partial charge in [0.1, 0.15) is 0 Å². The summed E-state index contributed by atoms with van der Waals surface area (Å²) in [6.07, 6.45) is 1.52. The van der Waals surface area contributed by atoms with Gasteiger partial charge in [0.15, 0.2) is 5.52 Å². The van der Waals surface area contributed by atoms with E-state index in [-0.39, 0.29) is 5.88 Å². The lowest BCUT2D eigenvalue weighted by molar-refractivity contribution is 0.457. The summed E-state index contributed by atoms with van der Waals surface area (Å²) in [6.45, 7) is 1.81. The number of pyridine rings is 1. The van der Waals surface area contributed by atoms with E-state index < -0.39 is 0 Å². The largest absolute Gasteiger partial charge is 0.492 e. The molecule has 2 aromatic heterocycles. The Kier molecular flexibility index (Phi) is 1.54. The molecule has 62 valence electrons. The number of aromatic amines is 1. The Bertz CT molecular complexity index is 437. The molecule has 12 heavy (non-hydrogen) atoms. The van der Waals surface area contributed by atoms with Crippen LogP contribution in [0.15, 0.2) is 10.8 Å². The van der Waals surface area contributed by atoms with Crippen LogP contribution in [0, 0.1) is 6.92 Å². The number of halogens is 1. The number of fused-ring (bicyclic) bond motifs is 1. The van der Waals surface area contributed by atoms with Gasteiger partial charge < -0.3 is 10.1 Å². The molecular weight excluding hydrogens is 222 g/mol. The number of aromatic nitrogens is 3. The average Bonchev–Trinajstić information content (AvgIpc) is 2.48. The van der Waals surface area contributed by atoms with Gasteiger partial charge in [0.25, 0.3) is 0 Å². The van der Waals surface area contributed by atoms with E-state index in [1.807, 2.05) is 6.92 Å². The van der Waals surface area contributed by atoms with E-state index in [0.717, 1.165) is 15.7 Å². The van der Waals surface area contributed by atoms with Gasteiger partial charge >= 0.3 is 0 Å². The van der Waals surface area contributed by atoms with Gasteiger partial charge in [-0.1, -0.05) is 0 Å². The van der Waals surface area contributed by atoms with E-state index in [4.69, 9.17) is 0 Å². The second-order valence-electron chi connectivity index (χ2n) is 2.46. The SMILES string of the molecule is Cc1nc(O)c2nc[nH]c2c1Br. The van der Waals surface area contributed by atoms with Gasteiger partial charge in [-0.2, -0.15) is 0 Å². The summed E-state index contributed by atoms with van der Waals surface area (Å²) in [5.74, 6) is -0.0352. The Balaban J connectivity index is 2.97. The molecule has 0 aliphatic carbocycles. The average molecular weight is 228 g/mol. The molecule has 0 spiro atoms. The maximum Gasteiger partial charge on any atom is 0.240 e. The molecule has 0 radical (unpaired) electrons. The number of nitrogens with zero attached hydrogens (tertiary/aromatic N) is 2. The van der Waals surface area contributed by atoms with E-state index in [2.05, 4.69) is 30.9 Å². The highest BCUT2D eigenvalue weighted by atomic mass is 79.9. The quantitative estimate of drug-likeness (QED) is 0.721. The molecule has 0 atom stereocenters. The van der Waals surface area contributed by atoms with Crippen LogP contribution in [-0.2, 0) is 0 Å². The lowest BCUT2D eigenvalue weighted by Gasteiger charge is -1.99. The topological polar surface area (TPSA) is 61.8 Å². The van der Waals surface area contributed by atoms with Crippen molar-refractivity contribution in [3.63, 3.8) is 0 Å². The van der Waals surface area contributed by atoms with Crippen molar-refractivity contribution >= 4 is 27.0 Å². The summed E-state index contributed by atoms with van der Waals surface area (Å²) >= 11 is 3.35. The maximum absolute atomic E-state index is 9.35. The molecule has 0 bridgehead atoms. The van der Waals surface area contributed by atoms with Gasteiger partial charge in [0.05, 0.1) is 22.0 Å². The van der Waals surface area contributed by atoms with Crippen molar-refractivity contribution < 1.29 is 5.11 Å². The highest BCUT2D eigenvalue weighted by molar-refractivity contribution is 9.10. The van der Waals surface area contributed by atoms with E-state index in [0.29, 0.717) is 5.52 Å². The zero-order valence-corrected chi connectivity index (χ0v) is 7.88. The van der Waals surface area contributed by atoms with E-state index in [9.17, 15) is 5.11 Å². The highest BCUT2D eigenvalue weighted by Gasteiger charge is 2.09. The lowest BCUT2D eigenvalue weighted by Crippen LogP contribution is -1.85. The predicted octanol–water partition coefficient (Wildman–Crippen LogP) is 1.73. The van der Waals surface area contributed by atoms with E-state index in [1.165, 1.54) is 6.33 Å². The smallest absolute Gasteiger partial charge is 0.240 e. The van der Waals surface area contributed by atoms with Crippen LogP contribution in [0.2, 0.25) is 0 Å². The second kappa shape index (κ2) is 2.45. The Hall–Kier alpha value is -1.10. The van der Waals surface area contributed by atoms with Crippen LogP contribution in [0.1, 0.15) is 5.69 Å². The van der Waals surface area contributed by atoms with Crippen molar-refractivity contribution in [1.82, 2.24) is 15.0 Å². The van der Waals surface area contributed by atoms with Crippen molar-refractivity contribution in [1.29, 1.82) is 0 Å². The van der Waals surface area contributed by atoms with Crippen molar-refractivity contribution in [2.24, 2.45) is 0 Å². The van der Waals surface area contributed by atoms with Crippen molar-refractivity contribution in [2.45, 2.75) is 6.92 Å². The van der Waals surface area contributed by atoms with E-state index >= 15 is 0 Å². The molecule has 0 unspecified atom stereocenters. The molecular formula is C7H6BrN3O. The third kappa shape index (κ3) is 0.896. The molecule has 0 fully saturated rings. The fourth-order valence-corrected chi connectivity index (χ4v) is 1.46. The van der Waals surface area contributed by atoms with Gasteiger partial charge in [-0.25, -0.2) is 9.97 Å². The van der Waals surface area contributed by atoms with Crippen LogP contribution in [0.4, 0.5) is 0 Å². The number of H-pyrrole nitrogens is 1. The Labute approximate surface area is 76.8 Å². The molecule has 5 heteroatoms. The summed E-state index contributed by atoms with van der Waals surface area (Å²) in [6, 6.07) is 0. The van der Waals surface area contributed by atoms with E-state index in [1.54, 1.807) is 0 Å². The summed E-state index contributed by atoms with van der Waals surface area (Å²) in [4.78, 5) is 10.7. The van der Waals surface area contributed by atoms with Gasteiger partial charge in [0.2, 0.25) is 5.88 Å². The molecule has 2 N–H and O–H groups in total. The van der Waals surface area contributed by atoms with Crippen LogP contribution in [0.5, 0.6) is 5.88 Å². The number of aromatic hydroxyl groups is 1. The van der Waals surface area contributed by atoms with Gasteiger partial charge in [0, 0.05) is 0 Å². The summed E-state index contributed by atoms with van der Waals surface area (Å²) < 4.78 is 0.841. The lowest BCUT2D eigenvalue weighted by atomic mass is 10.3. The minimum Gasteiger partial charge on any atom is -0.492 e. The van der Waals surface area contributed by atoms with Crippen LogP contribution in [0.25, 0.3) is 11.0 Å². The fraction of sp³-hybridized carbons (Fsp3) is 0.143. The number of aryl methyl sites for hydroxylation is 1. The summed E-state index contributed by atoms with van der Waals surface area (Å²) in [7, 11) is 0. The van der Waals surface area contributed by atoms with Gasteiger partial charge in [-0.15, -0.1) is 0 Å². The third-order valence-electron chi connectivity index (χ3n) is 1.66. The molecule has 2 rings (SSSR count). The normalized spacial score (nSPS) is 10.8. The molecule has 0 amide bonds. The number of imidazole rings is 1. The van der Waals surface area contributed by atoms with Crippen molar-refractivity contribution in [3.05, 3.63) is 16.5 Å². The second-order valence-corrected chi connectivity index (χ2v) is 3.25. The Morgan fingerprint density at radius 3 is 3.08 bits per heavy atom. The Morgan fingerprint density at radius 1 is 1.58 bits per heavy atom. The molecule has 2 aromatic rings.